The van der Waals surface area contributed by atoms with E-state index in [0.29, 0.717) is 6.54 Å². The van der Waals surface area contributed by atoms with Crippen LogP contribution >= 0.6 is 24.0 Å². The first-order valence-electron chi connectivity index (χ1n) is 8.40. The summed E-state index contributed by atoms with van der Waals surface area (Å²) in [6, 6.07) is 7.56. The largest absolute Gasteiger partial charge is 0.357 e. The lowest BCUT2D eigenvalue weighted by Gasteiger charge is -2.21. The SMILES string of the molecule is CCCCN(C)C(=NCc1cccc(CS(=O)(=O)NC)c1)NCC.I. The first-order valence-corrected chi connectivity index (χ1v) is 10.1. The molecular weight excluding hydrogens is 451 g/mol. The van der Waals surface area contributed by atoms with Crippen molar-refractivity contribution in [2.24, 2.45) is 4.99 Å². The van der Waals surface area contributed by atoms with Gasteiger partial charge in [0.05, 0.1) is 12.3 Å². The molecule has 0 saturated heterocycles. The van der Waals surface area contributed by atoms with E-state index in [-0.39, 0.29) is 29.7 Å². The molecule has 6 nitrogen and oxygen atoms in total. The van der Waals surface area contributed by atoms with Crippen LogP contribution in [0.15, 0.2) is 29.3 Å². The average molecular weight is 482 g/mol. The van der Waals surface area contributed by atoms with Crippen LogP contribution in [0.4, 0.5) is 0 Å². The minimum atomic E-state index is -3.26. The molecule has 0 aromatic heterocycles. The van der Waals surface area contributed by atoms with Gasteiger partial charge in [-0.15, -0.1) is 24.0 Å². The van der Waals surface area contributed by atoms with Crippen LogP contribution < -0.4 is 10.0 Å². The zero-order valence-electron chi connectivity index (χ0n) is 15.6. The van der Waals surface area contributed by atoms with Crippen molar-refractivity contribution in [3.05, 3.63) is 35.4 Å². The van der Waals surface area contributed by atoms with Gasteiger partial charge in [0.25, 0.3) is 0 Å². The van der Waals surface area contributed by atoms with Crippen LogP contribution in [0, 0.1) is 0 Å². The number of aliphatic imine (C=N–C) groups is 1. The van der Waals surface area contributed by atoms with Gasteiger partial charge in [0.1, 0.15) is 0 Å². The maximum Gasteiger partial charge on any atom is 0.215 e. The van der Waals surface area contributed by atoms with Crippen LogP contribution in [0.5, 0.6) is 0 Å². The summed E-state index contributed by atoms with van der Waals surface area (Å²) in [6.45, 7) is 6.51. The third-order valence-corrected chi connectivity index (χ3v) is 4.95. The van der Waals surface area contributed by atoms with Gasteiger partial charge in [0.2, 0.25) is 10.0 Å². The maximum absolute atomic E-state index is 11.7. The fourth-order valence-corrected chi connectivity index (χ4v) is 3.01. The van der Waals surface area contributed by atoms with Crippen molar-refractivity contribution in [2.75, 3.05) is 27.2 Å². The molecule has 0 saturated carbocycles. The third-order valence-electron chi connectivity index (χ3n) is 3.61. The summed E-state index contributed by atoms with van der Waals surface area (Å²) in [4.78, 5) is 6.79. The van der Waals surface area contributed by atoms with Crippen LogP contribution in [-0.4, -0.2) is 46.5 Å². The Labute approximate surface area is 169 Å². The summed E-state index contributed by atoms with van der Waals surface area (Å²) < 4.78 is 25.7. The van der Waals surface area contributed by atoms with E-state index in [9.17, 15) is 8.42 Å². The minimum Gasteiger partial charge on any atom is -0.357 e. The van der Waals surface area contributed by atoms with Gasteiger partial charge in [-0.25, -0.2) is 18.1 Å². The summed E-state index contributed by atoms with van der Waals surface area (Å²) >= 11 is 0. The van der Waals surface area contributed by atoms with Gasteiger partial charge in [0, 0.05) is 20.1 Å². The van der Waals surface area contributed by atoms with Gasteiger partial charge in [-0.1, -0.05) is 37.6 Å². The van der Waals surface area contributed by atoms with E-state index in [1.807, 2.05) is 38.2 Å². The third kappa shape index (κ3) is 9.41. The Hall–Kier alpha value is -0.870. The number of guanidine groups is 1. The van der Waals surface area contributed by atoms with E-state index < -0.39 is 10.0 Å². The molecule has 0 heterocycles. The zero-order chi connectivity index (χ0) is 18.0. The Balaban J connectivity index is 0.00000576. The van der Waals surface area contributed by atoms with Gasteiger partial charge >= 0.3 is 0 Å². The molecule has 1 aromatic carbocycles. The summed E-state index contributed by atoms with van der Waals surface area (Å²) in [5.41, 5.74) is 1.76. The van der Waals surface area contributed by atoms with Crippen LogP contribution in [0.1, 0.15) is 37.8 Å². The van der Waals surface area contributed by atoms with E-state index in [2.05, 4.69) is 26.9 Å². The van der Waals surface area contributed by atoms with Crippen molar-refractivity contribution in [3.8, 4) is 0 Å². The molecule has 0 aliphatic heterocycles. The predicted octanol–water partition coefficient (Wildman–Crippen LogP) is 2.55. The highest BCUT2D eigenvalue weighted by Crippen LogP contribution is 2.10. The fraction of sp³-hybridized carbons (Fsp3) is 0.588. The van der Waals surface area contributed by atoms with Gasteiger partial charge in [-0.05, 0) is 31.5 Å². The molecule has 0 aliphatic carbocycles. The molecule has 144 valence electrons. The van der Waals surface area contributed by atoms with Gasteiger partial charge in [-0.3, -0.25) is 0 Å². The van der Waals surface area contributed by atoms with E-state index in [1.165, 1.54) is 7.05 Å². The number of nitrogens with one attached hydrogen (secondary N) is 2. The standard InChI is InChI=1S/C17H30N4O2S.HI/c1-5-7-11-21(4)17(19-6-2)20-13-15-9-8-10-16(12-15)14-24(22,23)18-3;/h8-10,12,18H,5-7,11,13-14H2,1-4H3,(H,19,20);1H. The molecule has 1 rings (SSSR count). The molecule has 0 fully saturated rings. The second kappa shape index (κ2) is 12.5. The van der Waals surface area contributed by atoms with E-state index >= 15 is 0 Å². The second-order valence-corrected chi connectivity index (χ2v) is 7.65. The first-order chi connectivity index (χ1) is 11.4. The zero-order valence-corrected chi connectivity index (χ0v) is 18.7. The Morgan fingerprint density at radius 2 is 1.92 bits per heavy atom. The summed E-state index contributed by atoms with van der Waals surface area (Å²) in [6.07, 6.45) is 2.27. The van der Waals surface area contributed by atoms with Gasteiger partial charge in [-0.2, -0.15) is 0 Å². The average Bonchev–Trinajstić information content (AvgIpc) is 2.56. The molecule has 0 unspecified atom stereocenters. The molecular formula is C17H31IN4O2S. The fourth-order valence-electron chi connectivity index (χ4n) is 2.25. The number of unbranched alkanes of at least 4 members (excludes halogenated alkanes) is 1. The summed E-state index contributed by atoms with van der Waals surface area (Å²) in [5, 5.41) is 3.29. The van der Waals surface area contributed by atoms with Crippen LogP contribution in [0.25, 0.3) is 0 Å². The number of hydrogen-bond acceptors (Lipinski definition) is 3. The highest BCUT2D eigenvalue weighted by atomic mass is 127. The smallest absolute Gasteiger partial charge is 0.215 e. The van der Waals surface area contributed by atoms with Crippen molar-refractivity contribution in [1.29, 1.82) is 0 Å². The highest BCUT2D eigenvalue weighted by Gasteiger charge is 2.09. The van der Waals surface area contributed by atoms with Crippen LogP contribution in [-0.2, 0) is 22.3 Å². The number of rotatable bonds is 9. The number of benzene rings is 1. The van der Waals surface area contributed by atoms with Crippen LogP contribution in [0.2, 0.25) is 0 Å². The minimum absolute atomic E-state index is 0. The second-order valence-electron chi connectivity index (χ2n) is 5.73. The molecule has 0 radical (unpaired) electrons. The summed E-state index contributed by atoms with van der Waals surface area (Å²) in [5.74, 6) is 0.858. The van der Waals surface area contributed by atoms with Crippen molar-refractivity contribution in [3.63, 3.8) is 0 Å². The molecule has 0 bridgehead atoms. The van der Waals surface area contributed by atoms with Gasteiger partial charge < -0.3 is 10.2 Å². The number of hydrogen-bond donors (Lipinski definition) is 2. The molecule has 0 aliphatic rings. The lowest BCUT2D eigenvalue weighted by atomic mass is 10.1. The van der Waals surface area contributed by atoms with Crippen molar-refractivity contribution >= 4 is 40.0 Å². The van der Waals surface area contributed by atoms with Crippen molar-refractivity contribution < 1.29 is 8.42 Å². The first kappa shape index (κ1) is 24.1. The molecule has 25 heavy (non-hydrogen) atoms. The molecule has 1 aromatic rings. The Bertz CT molecular complexity index is 635. The molecule has 0 atom stereocenters. The molecule has 2 N–H and O–H groups in total. The van der Waals surface area contributed by atoms with Gasteiger partial charge in [0.15, 0.2) is 5.96 Å². The van der Waals surface area contributed by atoms with Crippen molar-refractivity contribution in [1.82, 2.24) is 14.9 Å². The van der Waals surface area contributed by atoms with Crippen molar-refractivity contribution in [2.45, 2.75) is 39.0 Å². The lowest BCUT2D eigenvalue weighted by Crippen LogP contribution is -2.39. The Morgan fingerprint density at radius 3 is 2.52 bits per heavy atom. The van der Waals surface area contributed by atoms with Crippen LogP contribution in [0.3, 0.4) is 0 Å². The molecule has 8 heteroatoms. The number of sulfonamides is 1. The Kier molecular flexibility index (Phi) is 12.0. The van der Waals surface area contributed by atoms with E-state index in [1.54, 1.807) is 0 Å². The molecule has 0 amide bonds. The highest BCUT2D eigenvalue weighted by molar-refractivity contribution is 14.0. The lowest BCUT2D eigenvalue weighted by molar-refractivity contribution is 0.465. The monoisotopic (exact) mass is 482 g/mol. The topological polar surface area (TPSA) is 73.8 Å². The maximum atomic E-state index is 11.7. The Morgan fingerprint density at radius 1 is 1.24 bits per heavy atom. The van der Waals surface area contributed by atoms with E-state index in [0.717, 1.165) is 43.0 Å². The normalized spacial score (nSPS) is 11.8. The van der Waals surface area contributed by atoms with E-state index in [4.69, 9.17) is 0 Å². The molecule has 0 spiro atoms. The summed E-state index contributed by atoms with van der Waals surface area (Å²) in [7, 11) is 0.204. The quantitative estimate of drug-likeness (QED) is 0.323. The number of halogens is 1. The number of nitrogens with zero attached hydrogens (tertiary/aromatic N) is 2. The predicted molar refractivity (Wildman–Crippen MR) is 116 cm³/mol.